The molecule has 3 aromatic carbocycles. The number of nitrogens with two attached hydrogens (primary N) is 1. The number of unbranched alkanes of at least 4 members (excludes halogenated alkanes) is 1. The summed E-state index contributed by atoms with van der Waals surface area (Å²) in [5.74, 6) is -0.118. The molecular weight excluding hydrogens is 698 g/mol. The predicted octanol–water partition coefficient (Wildman–Crippen LogP) is 8.18. The number of halogens is 5. The van der Waals surface area contributed by atoms with Crippen LogP contribution in [0.1, 0.15) is 56.1 Å². The van der Waals surface area contributed by atoms with Crippen LogP contribution in [-0.2, 0) is 24.4 Å². The van der Waals surface area contributed by atoms with Gasteiger partial charge in [-0.2, -0.15) is 0 Å². The topological polar surface area (TPSA) is 75.8 Å². The van der Waals surface area contributed by atoms with Gasteiger partial charge in [-0.05, 0) is 99.1 Å². The summed E-state index contributed by atoms with van der Waals surface area (Å²) in [6.45, 7) is 5.69. The van der Waals surface area contributed by atoms with Crippen molar-refractivity contribution in [2.75, 3.05) is 26.2 Å². The molecule has 0 radical (unpaired) electrons. The van der Waals surface area contributed by atoms with Gasteiger partial charge in [0.05, 0.1) is 5.54 Å². The number of Topliss-reactive ketones (excluding diaryl/α,β-unsaturated/α-hetero) is 1. The van der Waals surface area contributed by atoms with Gasteiger partial charge in [-0.3, -0.25) is 14.6 Å². The van der Waals surface area contributed by atoms with Crippen LogP contribution in [0.4, 0.5) is 13.2 Å². The van der Waals surface area contributed by atoms with Crippen molar-refractivity contribution in [1.29, 1.82) is 0 Å². The van der Waals surface area contributed by atoms with Gasteiger partial charge in [-0.15, -0.1) is 13.2 Å². The summed E-state index contributed by atoms with van der Waals surface area (Å²) in [4.78, 5) is 18.1. The number of rotatable bonds is 12. The Labute approximate surface area is 306 Å². The van der Waals surface area contributed by atoms with Crippen LogP contribution in [0.3, 0.4) is 0 Å². The Kier molecular flexibility index (Phi) is 10.7. The number of fused-ring (bicyclic) bond motifs is 4. The first-order valence-electron chi connectivity index (χ1n) is 17.9. The zero-order valence-corrected chi connectivity index (χ0v) is 30.0. The van der Waals surface area contributed by atoms with E-state index in [9.17, 15) is 18.0 Å². The molecule has 51 heavy (non-hydrogen) atoms. The van der Waals surface area contributed by atoms with Gasteiger partial charge in [0.25, 0.3) is 0 Å². The highest BCUT2D eigenvalue weighted by molar-refractivity contribution is 6.36. The standard InChI is InChI=1S/C39H44Cl2F3N5O2/c40-34-4-3-5-35(41)33(34)25-49-23-28-10-11-29(49)22-48(28)21-26-7-14-36-31(20-26)32(27-8-12-30(13-9-27)51-39(42,43)44)24-47(36)19-2-1-6-37(50)38(45)15-17-46-18-16-38/h3-5,7-9,12-14,20,24,28-29,46H,1-2,6,10-11,15-19,21-23,25,45H2. The molecule has 4 fully saturated rings. The van der Waals surface area contributed by atoms with Crippen LogP contribution >= 0.6 is 23.2 Å². The summed E-state index contributed by atoms with van der Waals surface area (Å²) in [5.41, 5.74) is 10.7. The van der Waals surface area contributed by atoms with Crippen molar-refractivity contribution in [1.82, 2.24) is 19.7 Å². The van der Waals surface area contributed by atoms with Crippen LogP contribution in [0.5, 0.6) is 5.75 Å². The maximum atomic E-state index is 13.0. The van der Waals surface area contributed by atoms with E-state index < -0.39 is 11.9 Å². The minimum absolute atomic E-state index is 0.134. The van der Waals surface area contributed by atoms with Crippen molar-refractivity contribution in [2.45, 2.75) is 88.6 Å². The summed E-state index contributed by atoms with van der Waals surface area (Å²) in [6, 6.07) is 19.1. The number of piperidine rings is 3. The van der Waals surface area contributed by atoms with Crippen molar-refractivity contribution in [3.05, 3.63) is 88.0 Å². The van der Waals surface area contributed by atoms with Crippen LogP contribution in [0.25, 0.3) is 22.0 Å². The number of hydrogen-bond acceptors (Lipinski definition) is 6. The minimum Gasteiger partial charge on any atom is -0.406 e. The molecule has 2 unspecified atom stereocenters. The number of carbonyl (C=O) groups is 1. The molecule has 0 spiro atoms. The Hall–Kier alpha value is -3.12. The number of aryl methyl sites for hydroxylation is 1. The lowest BCUT2D eigenvalue weighted by Gasteiger charge is -2.51. The lowest BCUT2D eigenvalue weighted by Crippen LogP contribution is -2.61. The number of carbonyl (C=O) groups excluding carboxylic acids is 1. The van der Waals surface area contributed by atoms with Gasteiger partial charge >= 0.3 is 6.36 Å². The number of piperazine rings is 1. The molecule has 2 atom stereocenters. The van der Waals surface area contributed by atoms with Crippen molar-refractivity contribution >= 4 is 39.9 Å². The van der Waals surface area contributed by atoms with Crippen molar-refractivity contribution in [3.63, 3.8) is 0 Å². The maximum Gasteiger partial charge on any atom is 0.573 e. The Balaban J connectivity index is 1.08. The van der Waals surface area contributed by atoms with E-state index in [1.807, 2.05) is 18.2 Å². The first kappa shape index (κ1) is 36.2. The number of alkyl halides is 3. The summed E-state index contributed by atoms with van der Waals surface area (Å²) in [7, 11) is 0. The second-order valence-corrected chi connectivity index (χ2v) is 15.2. The first-order valence-corrected chi connectivity index (χ1v) is 18.6. The zero-order valence-electron chi connectivity index (χ0n) is 28.5. The fourth-order valence-corrected chi connectivity index (χ4v) is 8.69. The predicted molar refractivity (Wildman–Crippen MR) is 196 cm³/mol. The van der Waals surface area contributed by atoms with Gasteiger partial charge in [0.15, 0.2) is 5.78 Å². The molecule has 272 valence electrons. The van der Waals surface area contributed by atoms with Crippen LogP contribution in [0.2, 0.25) is 10.0 Å². The van der Waals surface area contributed by atoms with Crippen LogP contribution < -0.4 is 15.8 Å². The van der Waals surface area contributed by atoms with E-state index in [1.54, 1.807) is 12.1 Å². The Morgan fingerprint density at radius 2 is 1.59 bits per heavy atom. The normalized spacial score (nSPS) is 21.0. The zero-order chi connectivity index (χ0) is 35.8. The summed E-state index contributed by atoms with van der Waals surface area (Å²) < 4.78 is 44.9. The molecule has 7 nitrogen and oxygen atoms in total. The number of ether oxygens (including phenoxy) is 1. The number of hydrogen-bond donors (Lipinski definition) is 2. The summed E-state index contributed by atoms with van der Waals surface area (Å²) in [6.07, 6.45) is 2.92. The number of ketones is 1. The van der Waals surface area contributed by atoms with E-state index in [2.05, 4.69) is 48.8 Å². The molecule has 0 saturated carbocycles. The minimum atomic E-state index is -4.75. The third-order valence-electron chi connectivity index (χ3n) is 11.0. The number of aromatic nitrogens is 1. The van der Waals surface area contributed by atoms with E-state index in [0.717, 1.165) is 92.5 Å². The molecule has 3 N–H and O–H groups in total. The summed E-state index contributed by atoms with van der Waals surface area (Å²) >= 11 is 13.0. The van der Waals surface area contributed by atoms with E-state index in [0.29, 0.717) is 47.9 Å². The molecule has 0 amide bonds. The van der Waals surface area contributed by atoms with Crippen molar-refractivity contribution in [2.24, 2.45) is 5.73 Å². The number of nitrogens with zero attached hydrogens (tertiary/aromatic N) is 3. The van der Waals surface area contributed by atoms with Gasteiger partial charge < -0.3 is 20.4 Å². The van der Waals surface area contributed by atoms with Gasteiger partial charge in [-0.1, -0.05) is 47.5 Å². The highest BCUT2D eigenvalue weighted by Crippen LogP contribution is 2.37. The molecule has 0 aliphatic carbocycles. The smallest absolute Gasteiger partial charge is 0.406 e. The second kappa shape index (κ2) is 15.1. The molecule has 12 heteroatoms. The maximum absolute atomic E-state index is 13.0. The molecule has 2 bridgehead atoms. The highest BCUT2D eigenvalue weighted by Gasteiger charge is 2.39. The largest absolute Gasteiger partial charge is 0.573 e. The Morgan fingerprint density at radius 3 is 2.24 bits per heavy atom. The third kappa shape index (κ3) is 8.27. The van der Waals surface area contributed by atoms with Crippen LogP contribution in [-0.4, -0.2) is 70.3 Å². The summed E-state index contributed by atoms with van der Waals surface area (Å²) in [5, 5.41) is 5.72. The molecule has 4 aliphatic heterocycles. The SMILES string of the molecule is NC1(C(=O)CCCCn2cc(-c3ccc(OC(F)(F)F)cc3)c3cc(CN4CC5CCC4CN5Cc4c(Cl)cccc4Cl)ccc32)CCNCC1. The van der Waals surface area contributed by atoms with E-state index in [-0.39, 0.29) is 11.5 Å². The van der Waals surface area contributed by atoms with E-state index >= 15 is 0 Å². The molecule has 8 rings (SSSR count). The van der Waals surface area contributed by atoms with Crippen LogP contribution in [0.15, 0.2) is 66.9 Å². The lowest BCUT2D eigenvalue weighted by molar-refractivity contribution is -0.274. The van der Waals surface area contributed by atoms with E-state index in [4.69, 9.17) is 28.9 Å². The van der Waals surface area contributed by atoms with Gasteiger partial charge in [0.1, 0.15) is 5.75 Å². The molecule has 4 aliphatic rings. The number of benzene rings is 3. The lowest BCUT2D eigenvalue weighted by atomic mass is 9.83. The highest BCUT2D eigenvalue weighted by atomic mass is 35.5. The molecule has 4 saturated heterocycles. The Bertz CT molecular complexity index is 1840. The average molecular weight is 743 g/mol. The Morgan fingerprint density at radius 1 is 0.922 bits per heavy atom. The van der Waals surface area contributed by atoms with Crippen LogP contribution in [0, 0.1) is 0 Å². The molecule has 1 aromatic heterocycles. The fraction of sp³-hybridized carbons (Fsp3) is 0.462. The quantitative estimate of drug-likeness (QED) is 0.143. The van der Waals surface area contributed by atoms with Crippen molar-refractivity contribution < 1.29 is 22.7 Å². The third-order valence-corrected chi connectivity index (χ3v) is 11.7. The monoisotopic (exact) mass is 741 g/mol. The fourth-order valence-electron chi connectivity index (χ4n) is 8.17. The van der Waals surface area contributed by atoms with Crippen molar-refractivity contribution in [3.8, 4) is 16.9 Å². The van der Waals surface area contributed by atoms with Gasteiger partial charge in [0, 0.05) is 89.5 Å². The molecule has 4 aromatic rings. The first-order chi connectivity index (χ1) is 24.5. The average Bonchev–Trinajstić information content (AvgIpc) is 3.46. The molecular formula is C39H44Cl2F3N5O2. The van der Waals surface area contributed by atoms with E-state index in [1.165, 1.54) is 17.7 Å². The van der Waals surface area contributed by atoms with Gasteiger partial charge in [-0.25, -0.2) is 0 Å². The molecule has 5 heterocycles. The second-order valence-electron chi connectivity index (χ2n) is 14.4. The number of nitrogens with one attached hydrogen (secondary N) is 1. The van der Waals surface area contributed by atoms with Gasteiger partial charge in [0.2, 0.25) is 0 Å².